The van der Waals surface area contributed by atoms with Crippen LogP contribution >= 0.6 is 0 Å². The first kappa shape index (κ1) is 18.7. The molecule has 0 bridgehead atoms. The molecule has 0 fully saturated rings. The van der Waals surface area contributed by atoms with Crippen molar-refractivity contribution in [3.8, 4) is 22.3 Å². The highest BCUT2D eigenvalue weighted by Crippen LogP contribution is 2.30. The molecule has 5 rings (SSSR count). The van der Waals surface area contributed by atoms with E-state index in [0.717, 1.165) is 17.3 Å². The molecule has 0 radical (unpaired) electrons. The van der Waals surface area contributed by atoms with E-state index in [0.29, 0.717) is 0 Å². The van der Waals surface area contributed by atoms with E-state index in [1.807, 2.05) is 12.1 Å². The smallest absolute Gasteiger partial charge is 0.133 e. The Morgan fingerprint density at radius 2 is 1.31 bits per heavy atom. The zero-order valence-electron chi connectivity index (χ0n) is 16.6. The topological polar surface area (TPSA) is 30.2 Å². The molecule has 1 aromatic heterocycles. The second-order valence-corrected chi connectivity index (χ2v) is 7.00. The molecule has 0 N–H and O–H groups in total. The van der Waals surface area contributed by atoms with E-state index in [1.165, 1.54) is 45.5 Å². The SMILES string of the molecule is CC=O.Cc1cc(-c2ccc(-c3ccc4occc4c3)cc2)cc2ccccc12. The number of carbonyl (C=O) groups excluding carboxylic acids is 1. The normalized spacial score (nSPS) is 10.6. The van der Waals surface area contributed by atoms with E-state index in [4.69, 9.17) is 9.21 Å². The lowest BCUT2D eigenvalue weighted by atomic mass is 9.96. The van der Waals surface area contributed by atoms with Crippen LogP contribution < -0.4 is 0 Å². The lowest BCUT2D eigenvalue weighted by Crippen LogP contribution is -1.84. The fourth-order valence-electron chi connectivity index (χ4n) is 3.67. The average molecular weight is 378 g/mol. The Kier molecular flexibility index (Phi) is 5.26. The first-order valence-corrected chi connectivity index (χ1v) is 9.67. The molecule has 0 unspecified atom stereocenters. The van der Waals surface area contributed by atoms with Crippen molar-refractivity contribution in [3.05, 3.63) is 96.8 Å². The van der Waals surface area contributed by atoms with E-state index < -0.39 is 0 Å². The van der Waals surface area contributed by atoms with Gasteiger partial charge in [-0.25, -0.2) is 0 Å². The molecule has 29 heavy (non-hydrogen) atoms. The maximum absolute atomic E-state index is 8.81. The monoisotopic (exact) mass is 378 g/mol. The van der Waals surface area contributed by atoms with Crippen LogP contribution in [0.5, 0.6) is 0 Å². The van der Waals surface area contributed by atoms with Crippen molar-refractivity contribution in [1.82, 2.24) is 0 Å². The largest absolute Gasteiger partial charge is 0.464 e. The predicted octanol–water partition coefficient (Wildman–Crippen LogP) is 7.43. The number of rotatable bonds is 2. The molecule has 0 saturated heterocycles. The van der Waals surface area contributed by atoms with Gasteiger partial charge in [-0.3, -0.25) is 0 Å². The molecular weight excluding hydrogens is 356 g/mol. The van der Waals surface area contributed by atoms with Gasteiger partial charge in [0.1, 0.15) is 11.9 Å². The van der Waals surface area contributed by atoms with Gasteiger partial charge in [0, 0.05) is 5.39 Å². The number of hydrogen-bond donors (Lipinski definition) is 0. The number of fused-ring (bicyclic) bond motifs is 2. The number of carbonyl (C=O) groups is 1. The number of furan rings is 1. The molecule has 142 valence electrons. The van der Waals surface area contributed by atoms with Gasteiger partial charge in [0.15, 0.2) is 0 Å². The van der Waals surface area contributed by atoms with Crippen molar-refractivity contribution in [2.45, 2.75) is 13.8 Å². The molecule has 2 heteroatoms. The quantitative estimate of drug-likeness (QED) is 0.299. The molecule has 0 amide bonds. The van der Waals surface area contributed by atoms with Crippen molar-refractivity contribution < 1.29 is 9.21 Å². The van der Waals surface area contributed by atoms with Crippen LogP contribution in [-0.2, 0) is 4.79 Å². The average Bonchev–Trinajstić information content (AvgIpc) is 3.22. The Morgan fingerprint density at radius 1 is 0.690 bits per heavy atom. The highest BCUT2D eigenvalue weighted by molar-refractivity contribution is 5.90. The molecule has 4 aromatic carbocycles. The van der Waals surface area contributed by atoms with Crippen molar-refractivity contribution in [3.63, 3.8) is 0 Å². The third-order valence-corrected chi connectivity index (χ3v) is 5.07. The fraction of sp³-hybridized carbons (Fsp3) is 0.0741. The minimum Gasteiger partial charge on any atom is -0.464 e. The second kappa shape index (κ2) is 8.15. The van der Waals surface area contributed by atoms with Crippen LogP contribution in [0.2, 0.25) is 0 Å². The second-order valence-electron chi connectivity index (χ2n) is 7.00. The van der Waals surface area contributed by atoms with E-state index >= 15 is 0 Å². The van der Waals surface area contributed by atoms with Crippen molar-refractivity contribution in [2.24, 2.45) is 0 Å². The van der Waals surface area contributed by atoms with Crippen molar-refractivity contribution in [1.29, 1.82) is 0 Å². The van der Waals surface area contributed by atoms with Gasteiger partial charge in [-0.05, 0) is 76.7 Å². The van der Waals surface area contributed by atoms with Gasteiger partial charge in [0.05, 0.1) is 6.26 Å². The number of aryl methyl sites for hydroxylation is 1. The van der Waals surface area contributed by atoms with Crippen LogP contribution in [-0.4, -0.2) is 6.29 Å². The fourth-order valence-corrected chi connectivity index (χ4v) is 3.67. The van der Waals surface area contributed by atoms with Crippen LogP contribution in [0, 0.1) is 6.92 Å². The van der Waals surface area contributed by atoms with Gasteiger partial charge < -0.3 is 9.21 Å². The van der Waals surface area contributed by atoms with E-state index in [-0.39, 0.29) is 0 Å². The standard InChI is InChI=1S/C25H18O.C2H4O/c1-17-14-23(16-21-4-2-3-5-24(17)21)19-8-6-18(7-9-19)20-10-11-25-22(15-20)12-13-26-25;1-2-3/h2-16H,1H3;2H,1H3. The highest BCUT2D eigenvalue weighted by atomic mass is 16.3. The molecule has 0 saturated carbocycles. The minimum absolute atomic E-state index is 0.750. The van der Waals surface area contributed by atoms with Gasteiger partial charge in [-0.1, -0.05) is 60.7 Å². The minimum atomic E-state index is 0.750. The summed E-state index contributed by atoms with van der Waals surface area (Å²) in [5.74, 6) is 0. The van der Waals surface area contributed by atoms with Crippen LogP contribution in [0.1, 0.15) is 12.5 Å². The lowest BCUT2D eigenvalue weighted by molar-refractivity contribution is -0.106. The Bertz CT molecular complexity index is 1280. The maximum Gasteiger partial charge on any atom is 0.133 e. The summed E-state index contributed by atoms with van der Waals surface area (Å²) in [7, 11) is 0. The van der Waals surface area contributed by atoms with Gasteiger partial charge in [0.2, 0.25) is 0 Å². The Labute approximate surface area is 170 Å². The summed E-state index contributed by atoms with van der Waals surface area (Å²) >= 11 is 0. The molecular formula is C27H22O2. The molecule has 0 aliphatic heterocycles. The van der Waals surface area contributed by atoms with E-state index in [1.54, 1.807) is 6.26 Å². The molecule has 0 atom stereocenters. The van der Waals surface area contributed by atoms with Crippen LogP contribution in [0.4, 0.5) is 0 Å². The Balaban J connectivity index is 0.000000645. The van der Waals surface area contributed by atoms with E-state index in [2.05, 4.69) is 79.7 Å². The molecule has 0 aliphatic carbocycles. The van der Waals surface area contributed by atoms with Gasteiger partial charge >= 0.3 is 0 Å². The van der Waals surface area contributed by atoms with Crippen LogP contribution in [0.25, 0.3) is 44.0 Å². The summed E-state index contributed by atoms with van der Waals surface area (Å²) in [5.41, 5.74) is 7.17. The number of benzene rings is 4. The predicted molar refractivity (Wildman–Crippen MR) is 121 cm³/mol. The van der Waals surface area contributed by atoms with Gasteiger partial charge in [0.25, 0.3) is 0 Å². The lowest BCUT2D eigenvalue weighted by Gasteiger charge is -2.09. The third-order valence-electron chi connectivity index (χ3n) is 5.07. The first-order chi connectivity index (χ1) is 14.2. The first-order valence-electron chi connectivity index (χ1n) is 9.67. The maximum atomic E-state index is 8.81. The van der Waals surface area contributed by atoms with Crippen LogP contribution in [0.3, 0.4) is 0 Å². The molecule has 0 aliphatic rings. The number of aldehydes is 1. The number of hydrogen-bond acceptors (Lipinski definition) is 2. The summed E-state index contributed by atoms with van der Waals surface area (Å²) in [6, 6.07) is 30.2. The molecule has 2 nitrogen and oxygen atoms in total. The van der Waals surface area contributed by atoms with Crippen LogP contribution in [0.15, 0.2) is 95.6 Å². The Morgan fingerprint density at radius 3 is 2.07 bits per heavy atom. The van der Waals surface area contributed by atoms with E-state index in [9.17, 15) is 0 Å². The molecule has 5 aromatic rings. The summed E-state index contributed by atoms with van der Waals surface area (Å²) in [5, 5.41) is 3.75. The summed E-state index contributed by atoms with van der Waals surface area (Å²) in [6.45, 7) is 3.63. The summed E-state index contributed by atoms with van der Waals surface area (Å²) in [4.78, 5) is 8.81. The molecule has 0 spiro atoms. The van der Waals surface area contributed by atoms with Gasteiger partial charge in [-0.2, -0.15) is 0 Å². The zero-order valence-corrected chi connectivity index (χ0v) is 16.6. The molecule has 1 heterocycles. The summed E-state index contributed by atoms with van der Waals surface area (Å²) in [6.07, 6.45) is 2.49. The Hall–Kier alpha value is -3.65. The van der Waals surface area contributed by atoms with Gasteiger partial charge in [-0.15, -0.1) is 0 Å². The highest BCUT2D eigenvalue weighted by Gasteiger charge is 2.05. The zero-order chi connectivity index (χ0) is 20.2. The van der Waals surface area contributed by atoms with Crippen molar-refractivity contribution >= 4 is 28.0 Å². The summed E-state index contributed by atoms with van der Waals surface area (Å²) < 4.78 is 5.43. The van der Waals surface area contributed by atoms with Crippen molar-refractivity contribution in [2.75, 3.05) is 0 Å². The third kappa shape index (κ3) is 3.83.